The number of hydrogen-bond donors (Lipinski definition) is 1. The molecule has 1 heterocycles. The van der Waals surface area contributed by atoms with Gasteiger partial charge in [-0.15, -0.1) is 0 Å². The standard InChI is InChI=1S/C13H25NO/c1-2-11-4-3-5-13(10-11)14-12-6-8-15-9-7-12/h11-14H,2-10H2,1H3. The highest BCUT2D eigenvalue weighted by Gasteiger charge is 2.23. The molecule has 2 heteroatoms. The Morgan fingerprint density at radius 3 is 2.60 bits per heavy atom. The van der Waals surface area contributed by atoms with E-state index >= 15 is 0 Å². The van der Waals surface area contributed by atoms with Crippen LogP contribution in [-0.4, -0.2) is 25.3 Å². The Balaban J connectivity index is 1.72. The largest absolute Gasteiger partial charge is 0.381 e. The molecule has 2 rings (SSSR count). The molecule has 2 nitrogen and oxygen atoms in total. The Morgan fingerprint density at radius 2 is 1.87 bits per heavy atom. The van der Waals surface area contributed by atoms with Crippen molar-refractivity contribution in [2.45, 2.75) is 64.0 Å². The first-order valence-electron chi connectivity index (χ1n) is 6.72. The lowest BCUT2D eigenvalue weighted by molar-refractivity contribution is 0.0717. The van der Waals surface area contributed by atoms with E-state index in [-0.39, 0.29) is 0 Å². The molecule has 1 N–H and O–H groups in total. The summed E-state index contributed by atoms with van der Waals surface area (Å²) in [5.41, 5.74) is 0. The predicted molar refractivity (Wildman–Crippen MR) is 63.0 cm³/mol. The van der Waals surface area contributed by atoms with Crippen molar-refractivity contribution >= 4 is 0 Å². The highest BCUT2D eigenvalue weighted by molar-refractivity contribution is 4.81. The zero-order valence-electron chi connectivity index (χ0n) is 10.0. The summed E-state index contributed by atoms with van der Waals surface area (Å²) in [6.45, 7) is 4.25. The Morgan fingerprint density at radius 1 is 1.07 bits per heavy atom. The first kappa shape index (κ1) is 11.4. The summed E-state index contributed by atoms with van der Waals surface area (Å²) in [7, 11) is 0. The van der Waals surface area contributed by atoms with E-state index in [1.165, 1.54) is 44.9 Å². The molecule has 15 heavy (non-hydrogen) atoms. The summed E-state index contributed by atoms with van der Waals surface area (Å²) in [4.78, 5) is 0. The van der Waals surface area contributed by atoms with Gasteiger partial charge in [0.15, 0.2) is 0 Å². The summed E-state index contributed by atoms with van der Waals surface area (Å²) >= 11 is 0. The maximum Gasteiger partial charge on any atom is 0.0480 e. The normalized spacial score (nSPS) is 34.2. The van der Waals surface area contributed by atoms with Gasteiger partial charge in [0, 0.05) is 25.3 Å². The van der Waals surface area contributed by atoms with Crippen LogP contribution in [0.1, 0.15) is 51.9 Å². The quantitative estimate of drug-likeness (QED) is 0.775. The van der Waals surface area contributed by atoms with Gasteiger partial charge < -0.3 is 10.1 Å². The average molecular weight is 211 g/mol. The SMILES string of the molecule is CCC1CCCC(NC2CCOCC2)C1. The van der Waals surface area contributed by atoms with Gasteiger partial charge in [-0.1, -0.05) is 26.2 Å². The van der Waals surface area contributed by atoms with Crippen LogP contribution >= 0.6 is 0 Å². The minimum atomic E-state index is 0.736. The lowest BCUT2D eigenvalue weighted by Crippen LogP contribution is -2.43. The van der Waals surface area contributed by atoms with Crippen molar-refractivity contribution in [1.82, 2.24) is 5.32 Å². The van der Waals surface area contributed by atoms with Crippen molar-refractivity contribution in [2.75, 3.05) is 13.2 Å². The van der Waals surface area contributed by atoms with Crippen molar-refractivity contribution < 1.29 is 4.74 Å². The molecule has 0 bridgehead atoms. The average Bonchev–Trinajstić information content (AvgIpc) is 2.31. The highest BCUT2D eigenvalue weighted by Crippen LogP contribution is 2.27. The van der Waals surface area contributed by atoms with E-state index in [0.29, 0.717) is 0 Å². The summed E-state index contributed by atoms with van der Waals surface area (Å²) < 4.78 is 5.39. The number of rotatable bonds is 3. The van der Waals surface area contributed by atoms with Gasteiger partial charge >= 0.3 is 0 Å². The summed E-state index contributed by atoms with van der Waals surface area (Å²) in [5, 5.41) is 3.84. The van der Waals surface area contributed by atoms with E-state index in [0.717, 1.165) is 31.2 Å². The van der Waals surface area contributed by atoms with Crippen LogP contribution in [0.2, 0.25) is 0 Å². The van der Waals surface area contributed by atoms with Crippen LogP contribution in [-0.2, 0) is 4.74 Å². The fourth-order valence-electron chi connectivity index (χ4n) is 3.01. The molecule has 0 aromatic carbocycles. The third kappa shape index (κ3) is 3.46. The van der Waals surface area contributed by atoms with Crippen molar-refractivity contribution in [1.29, 1.82) is 0 Å². The van der Waals surface area contributed by atoms with Gasteiger partial charge in [-0.2, -0.15) is 0 Å². The molecular formula is C13H25NO. The van der Waals surface area contributed by atoms with Crippen molar-refractivity contribution in [3.05, 3.63) is 0 Å². The Kier molecular flexibility index (Phi) is 4.45. The zero-order chi connectivity index (χ0) is 10.5. The van der Waals surface area contributed by atoms with E-state index in [1.54, 1.807) is 0 Å². The lowest BCUT2D eigenvalue weighted by atomic mass is 9.83. The van der Waals surface area contributed by atoms with Gasteiger partial charge in [-0.3, -0.25) is 0 Å². The highest BCUT2D eigenvalue weighted by atomic mass is 16.5. The first-order valence-corrected chi connectivity index (χ1v) is 6.72. The van der Waals surface area contributed by atoms with Gasteiger partial charge in [0.05, 0.1) is 0 Å². The number of ether oxygens (including phenoxy) is 1. The van der Waals surface area contributed by atoms with E-state index in [9.17, 15) is 0 Å². The molecule has 0 aromatic heterocycles. The minimum Gasteiger partial charge on any atom is -0.381 e. The molecule has 88 valence electrons. The molecule has 1 aliphatic carbocycles. The zero-order valence-corrected chi connectivity index (χ0v) is 10.0. The van der Waals surface area contributed by atoms with Crippen LogP contribution in [0.4, 0.5) is 0 Å². The van der Waals surface area contributed by atoms with E-state index in [2.05, 4.69) is 12.2 Å². The molecule has 2 aliphatic rings. The number of hydrogen-bond acceptors (Lipinski definition) is 2. The Labute approximate surface area is 93.8 Å². The van der Waals surface area contributed by atoms with Gasteiger partial charge in [0.2, 0.25) is 0 Å². The van der Waals surface area contributed by atoms with E-state index < -0.39 is 0 Å². The third-order valence-electron chi connectivity index (χ3n) is 4.05. The fraction of sp³-hybridized carbons (Fsp3) is 1.00. The van der Waals surface area contributed by atoms with Crippen molar-refractivity contribution in [3.8, 4) is 0 Å². The summed E-state index contributed by atoms with van der Waals surface area (Å²) in [6, 6.07) is 1.53. The third-order valence-corrected chi connectivity index (χ3v) is 4.05. The molecule has 0 spiro atoms. The summed E-state index contributed by atoms with van der Waals surface area (Å²) in [6.07, 6.45) is 9.50. The molecule has 1 saturated carbocycles. The van der Waals surface area contributed by atoms with Gasteiger partial charge in [0.25, 0.3) is 0 Å². The van der Waals surface area contributed by atoms with Gasteiger partial charge in [-0.05, 0) is 31.6 Å². The second-order valence-electron chi connectivity index (χ2n) is 5.19. The molecule has 2 atom stereocenters. The van der Waals surface area contributed by atoms with Crippen molar-refractivity contribution in [2.24, 2.45) is 5.92 Å². The lowest BCUT2D eigenvalue weighted by Gasteiger charge is -2.33. The number of nitrogens with one attached hydrogen (secondary N) is 1. The first-order chi connectivity index (χ1) is 7.38. The summed E-state index contributed by atoms with van der Waals surface area (Å²) in [5.74, 6) is 0.982. The molecule has 1 aliphatic heterocycles. The van der Waals surface area contributed by atoms with Crippen LogP contribution in [0.5, 0.6) is 0 Å². The maximum absolute atomic E-state index is 5.39. The van der Waals surface area contributed by atoms with Crippen LogP contribution in [0.15, 0.2) is 0 Å². The second kappa shape index (κ2) is 5.86. The smallest absolute Gasteiger partial charge is 0.0480 e. The van der Waals surface area contributed by atoms with Crippen LogP contribution < -0.4 is 5.32 Å². The molecule has 2 fully saturated rings. The second-order valence-corrected chi connectivity index (χ2v) is 5.19. The topological polar surface area (TPSA) is 21.3 Å². The van der Waals surface area contributed by atoms with E-state index in [1.807, 2.05) is 0 Å². The monoisotopic (exact) mass is 211 g/mol. The van der Waals surface area contributed by atoms with Crippen LogP contribution in [0.25, 0.3) is 0 Å². The van der Waals surface area contributed by atoms with Crippen LogP contribution in [0.3, 0.4) is 0 Å². The minimum absolute atomic E-state index is 0.736. The molecule has 1 saturated heterocycles. The predicted octanol–water partition coefficient (Wildman–Crippen LogP) is 2.72. The van der Waals surface area contributed by atoms with Gasteiger partial charge in [0.1, 0.15) is 0 Å². The molecule has 2 unspecified atom stereocenters. The van der Waals surface area contributed by atoms with Crippen molar-refractivity contribution in [3.63, 3.8) is 0 Å². The molecular weight excluding hydrogens is 186 g/mol. The molecule has 0 amide bonds. The molecule has 0 aromatic rings. The van der Waals surface area contributed by atoms with E-state index in [4.69, 9.17) is 4.74 Å². The maximum atomic E-state index is 5.39. The fourth-order valence-corrected chi connectivity index (χ4v) is 3.01. The van der Waals surface area contributed by atoms with Crippen LogP contribution in [0, 0.1) is 5.92 Å². The Bertz CT molecular complexity index is 177. The molecule has 0 radical (unpaired) electrons. The van der Waals surface area contributed by atoms with Gasteiger partial charge in [-0.25, -0.2) is 0 Å². The Hall–Kier alpha value is -0.0800.